The molecule has 10 heavy (non-hydrogen) atoms. The summed E-state index contributed by atoms with van der Waals surface area (Å²) in [5, 5.41) is 10.1. The molecule has 52 valence electrons. The predicted molar refractivity (Wildman–Crippen MR) is 38.1 cm³/mol. The third-order valence-electron chi connectivity index (χ3n) is 0.929. The first kappa shape index (κ1) is 7.16. The second kappa shape index (κ2) is 3.28. The molecule has 0 atom stereocenters. The third-order valence-corrected chi connectivity index (χ3v) is 1.45. The molecule has 0 N–H and O–H groups in total. The summed E-state index contributed by atoms with van der Waals surface area (Å²) in [7, 11) is 0. The van der Waals surface area contributed by atoms with E-state index in [-0.39, 0.29) is 0 Å². The van der Waals surface area contributed by atoms with Crippen molar-refractivity contribution in [1.82, 2.24) is 4.98 Å². The van der Waals surface area contributed by atoms with Crippen LogP contribution in [0, 0.1) is 17.6 Å². The molecule has 1 aromatic heterocycles. The molecule has 1 rings (SSSR count). The average Bonchev–Trinajstić information content (AvgIpc) is 2.31. The summed E-state index contributed by atoms with van der Waals surface area (Å²) in [6.07, 6.45) is 1.65. The van der Waals surface area contributed by atoms with Crippen LogP contribution in [0.1, 0.15) is 11.7 Å². The molecule has 0 aliphatic heterocycles. The lowest BCUT2D eigenvalue weighted by Crippen LogP contribution is -1.74. The number of nitrogens with zero attached hydrogens (tertiary/aromatic N) is 2. The van der Waals surface area contributed by atoms with Gasteiger partial charge in [0, 0.05) is 0 Å². The topological polar surface area (TPSA) is 49.8 Å². The van der Waals surface area contributed by atoms with E-state index >= 15 is 0 Å². The lowest BCUT2D eigenvalue weighted by molar-refractivity contribution is 0.491. The highest BCUT2D eigenvalue weighted by molar-refractivity contribution is 8.02. The molecule has 0 unspecified atom stereocenters. The van der Waals surface area contributed by atoms with E-state index in [9.17, 15) is 0 Å². The molecule has 1 heterocycles. The number of aromatic nitrogens is 1. The van der Waals surface area contributed by atoms with E-state index in [2.05, 4.69) is 4.98 Å². The molecule has 0 spiro atoms. The van der Waals surface area contributed by atoms with Crippen molar-refractivity contribution in [2.45, 2.75) is 12.7 Å². The summed E-state index contributed by atoms with van der Waals surface area (Å²) in [4.78, 5) is 3.91. The second-order valence-corrected chi connectivity index (χ2v) is 2.50. The highest BCUT2D eigenvalue weighted by atomic mass is 32.2. The van der Waals surface area contributed by atoms with Crippen molar-refractivity contribution in [3.8, 4) is 5.40 Å². The van der Waals surface area contributed by atoms with E-state index in [1.807, 2.05) is 12.3 Å². The number of aryl methyl sites for hydroxylation is 1. The van der Waals surface area contributed by atoms with Gasteiger partial charge < -0.3 is 4.42 Å². The van der Waals surface area contributed by atoms with E-state index in [1.54, 1.807) is 6.20 Å². The van der Waals surface area contributed by atoms with Crippen LogP contribution in [-0.4, -0.2) is 4.98 Å². The minimum Gasteiger partial charge on any atom is -0.445 e. The Morgan fingerprint density at radius 1 is 1.90 bits per heavy atom. The lowest BCUT2D eigenvalue weighted by atomic mass is 10.6. The predicted octanol–water partition coefficient (Wildman–Crippen LogP) is 1.70. The van der Waals surface area contributed by atoms with E-state index in [1.165, 1.54) is 0 Å². The Balaban J connectivity index is 2.52. The Bertz CT molecular complexity index is 250. The Morgan fingerprint density at radius 3 is 3.20 bits per heavy atom. The first-order valence-corrected chi connectivity index (χ1v) is 3.73. The van der Waals surface area contributed by atoms with Gasteiger partial charge in [0.1, 0.15) is 11.2 Å². The van der Waals surface area contributed by atoms with Crippen molar-refractivity contribution in [2.75, 3.05) is 0 Å². The summed E-state index contributed by atoms with van der Waals surface area (Å²) in [5.41, 5.74) is 0. The molecule has 4 heteroatoms. The van der Waals surface area contributed by atoms with Crippen LogP contribution in [0.3, 0.4) is 0 Å². The standard InChI is InChI=1S/C6H6N2OS/c1-5-2-8-6(9-5)3-10-4-7/h2H,3H2,1H3. The van der Waals surface area contributed by atoms with Gasteiger partial charge in [0.25, 0.3) is 0 Å². The zero-order valence-electron chi connectivity index (χ0n) is 5.50. The maximum atomic E-state index is 8.18. The van der Waals surface area contributed by atoms with Crippen LogP contribution in [0.25, 0.3) is 0 Å². The van der Waals surface area contributed by atoms with Gasteiger partial charge in [0.2, 0.25) is 5.89 Å². The highest BCUT2D eigenvalue weighted by Gasteiger charge is 1.98. The zero-order chi connectivity index (χ0) is 7.40. The molecular weight excluding hydrogens is 148 g/mol. The molecule has 0 aliphatic carbocycles. The van der Waals surface area contributed by atoms with E-state index < -0.39 is 0 Å². The maximum Gasteiger partial charge on any atom is 0.205 e. The number of hydrogen-bond acceptors (Lipinski definition) is 4. The second-order valence-electron chi connectivity index (χ2n) is 1.74. The van der Waals surface area contributed by atoms with Gasteiger partial charge in [-0.2, -0.15) is 5.26 Å². The monoisotopic (exact) mass is 154 g/mol. The summed E-state index contributed by atoms with van der Waals surface area (Å²) < 4.78 is 5.10. The summed E-state index contributed by atoms with van der Waals surface area (Å²) in [5.74, 6) is 1.93. The molecule has 0 aromatic carbocycles. The number of nitriles is 1. The Kier molecular flexibility index (Phi) is 2.35. The normalized spacial score (nSPS) is 9.20. The van der Waals surface area contributed by atoms with Gasteiger partial charge in [0.15, 0.2) is 0 Å². The summed E-state index contributed by atoms with van der Waals surface area (Å²) in [6.45, 7) is 1.83. The molecule has 0 saturated carbocycles. The van der Waals surface area contributed by atoms with Gasteiger partial charge >= 0.3 is 0 Å². The van der Waals surface area contributed by atoms with Crippen molar-refractivity contribution < 1.29 is 4.42 Å². The van der Waals surface area contributed by atoms with Crippen LogP contribution in [0.15, 0.2) is 10.6 Å². The Hall–Kier alpha value is -0.950. The van der Waals surface area contributed by atoms with E-state index in [0.29, 0.717) is 11.6 Å². The number of oxazole rings is 1. The minimum atomic E-state index is 0.532. The number of thiocyanates is 1. The van der Waals surface area contributed by atoms with Crippen LogP contribution >= 0.6 is 11.8 Å². The van der Waals surface area contributed by atoms with Crippen LogP contribution in [0.4, 0.5) is 0 Å². The average molecular weight is 154 g/mol. The fourth-order valence-corrected chi connectivity index (χ4v) is 0.884. The first-order chi connectivity index (χ1) is 4.83. The van der Waals surface area contributed by atoms with Crippen molar-refractivity contribution >= 4 is 11.8 Å². The van der Waals surface area contributed by atoms with Gasteiger partial charge in [0.05, 0.1) is 11.9 Å². The fraction of sp³-hybridized carbons (Fsp3) is 0.333. The molecule has 1 aromatic rings. The van der Waals surface area contributed by atoms with Gasteiger partial charge in [-0.25, -0.2) is 4.98 Å². The fourth-order valence-electron chi connectivity index (χ4n) is 0.562. The molecule has 3 nitrogen and oxygen atoms in total. The van der Waals surface area contributed by atoms with Crippen molar-refractivity contribution in [3.05, 3.63) is 17.8 Å². The minimum absolute atomic E-state index is 0.532. The van der Waals surface area contributed by atoms with E-state index in [0.717, 1.165) is 17.5 Å². The number of thioether (sulfide) groups is 1. The van der Waals surface area contributed by atoms with Gasteiger partial charge in [-0.3, -0.25) is 0 Å². The largest absolute Gasteiger partial charge is 0.445 e. The lowest BCUT2D eigenvalue weighted by Gasteiger charge is -1.83. The number of hydrogen-bond donors (Lipinski definition) is 0. The van der Waals surface area contributed by atoms with Gasteiger partial charge in [-0.1, -0.05) is 0 Å². The maximum absolute atomic E-state index is 8.18. The SMILES string of the molecule is Cc1cnc(CSC#N)o1. The Morgan fingerprint density at radius 2 is 2.70 bits per heavy atom. The van der Waals surface area contributed by atoms with E-state index in [4.69, 9.17) is 9.68 Å². The van der Waals surface area contributed by atoms with Crippen LogP contribution < -0.4 is 0 Å². The molecule has 0 fully saturated rings. The summed E-state index contributed by atoms with van der Waals surface area (Å²) >= 11 is 1.12. The van der Waals surface area contributed by atoms with Gasteiger partial charge in [-0.05, 0) is 18.7 Å². The van der Waals surface area contributed by atoms with Crippen LogP contribution in [0.5, 0.6) is 0 Å². The first-order valence-electron chi connectivity index (χ1n) is 2.75. The van der Waals surface area contributed by atoms with Crippen molar-refractivity contribution in [1.29, 1.82) is 5.26 Å². The van der Waals surface area contributed by atoms with Crippen LogP contribution in [-0.2, 0) is 5.75 Å². The van der Waals surface area contributed by atoms with Crippen LogP contribution in [0.2, 0.25) is 0 Å². The van der Waals surface area contributed by atoms with Crippen molar-refractivity contribution in [2.24, 2.45) is 0 Å². The smallest absolute Gasteiger partial charge is 0.205 e. The third kappa shape index (κ3) is 1.78. The molecule has 0 amide bonds. The quantitative estimate of drug-likeness (QED) is 0.608. The zero-order valence-corrected chi connectivity index (χ0v) is 6.31. The molecule has 0 bridgehead atoms. The molecule has 0 saturated heterocycles. The van der Waals surface area contributed by atoms with Crippen molar-refractivity contribution in [3.63, 3.8) is 0 Å². The molecule has 0 aliphatic rings. The highest BCUT2D eigenvalue weighted by Crippen LogP contribution is 2.09. The molecular formula is C6H6N2OS. The van der Waals surface area contributed by atoms with Gasteiger partial charge in [-0.15, -0.1) is 0 Å². The summed E-state index contributed by atoms with van der Waals surface area (Å²) in [6, 6.07) is 0. The Labute approximate surface area is 63.1 Å². The molecule has 0 radical (unpaired) electrons. The number of rotatable bonds is 2.